The summed E-state index contributed by atoms with van der Waals surface area (Å²) in [6.45, 7) is 0.101. The first-order chi connectivity index (χ1) is 9.11. The van der Waals surface area contributed by atoms with Crippen LogP contribution in [0.4, 0.5) is 4.79 Å². The maximum atomic E-state index is 12.0. The lowest BCUT2D eigenvalue weighted by Crippen LogP contribution is -2.46. The molecule has 0 spiro atoms. The molecule has 0 aromatic heterocycles. The predicted octanol–water partition coefficient (Wildman–Crippen LogP) is 0.367. The number of carbonyl (C=O) groups is 2. The number of benzene rings is 1. The molecule has 1 fully saturated rings. The summed E-state index contributed by atoms with van der Waals surface area (Å²) in [5.74, 6) is 0.103. The van der Waals surface area contributed by atoms with Crippen molar-refractivity contribution in [2.45, 2.75) is 18.6 Å². The summed E-state index contributed by atoms with van der Waals surface area (Å²) in [4.78, 5) is 24.9. The first-order valence-electron chi connectivity index (χ1n) is 6.05. The quantitative estimate of drug-likeness (QED) is 0.808. The molecule has 1 saturated heterocycles. The number of aliphatic hydroxyl groups is 1. The largest absolute Gasteiger partial charge is 0.416 e. The number of nitrogens with one attached hydrogen (secondary N) is 1. The lowest BCUT2D eigenvalue weighted by Gasteiger charge is -2.22. The Hall–Kier alpha value is -2.08. The highest BCUT2D eigenvalue weighted by atomic mass is 16.6. The van der Waals surface area contributed by atoms with Crippen LogP contribution in [0.25, 0.3) is 0 Å². The van der Waals surface area contributed by atoms with Crippen LogP contribution in [-0.4, -0.2) is 47.7 Å². The number of para-hydroxylation sites is 1. The summed E-state index contributed by atoms with van der Waals surface area (Å²) in [6.07, 6.45) is -1.11. The number of ether oxygens (including phenoxy) is 1. The molecule has 2 atom stereocenters. The number of β-amino-alcohol motifs (C(OH)–C–C–N with tert-alkyl or cyclic N) is 1. The van der Waals surface area contributed by atoms with Gasteiger partial charge in [-0.2, -0.15) is 0 Å². The minimum absolute atomic E-state index is 0.101. The average Bonchev–Trinajstić information content (AvgIpc) is 2.81. The number of aliphatic hydroxyl groups excluding tert-OH is 1. The van der Waals surface area contributed by atoms with Crippen molar-refractivity contribution in [1.82, 2.24) is 10.2 Å². The van der Waals surface area contributed by atoms with E-state index in [-0.39, 0.29) is 18.9 Å². The maximum Gasteiger partial charge on any atom is 0.416 e. The molecule has 1 heterocycles. The summed E-state index contributed by atoms with van der Waals surface area (Å²) in [5.41, 5.74) is 0. The third kappa shape index (κ3) is 3.03. The second-order valence-electron chi connectivity index (χ2n) is 4.35. The zero-order valence-electron chi connectivity index (χ0n) is 10.6. The fourth-order valence-corrected chi connectivity index (χ4v) is 2.08. The standard InChI is InChI=1S/C13H16N2O4/c1-14-12(17)11-7-9(16)8-15(11)13(18)19-10-5-3-2-4-6-10/h2-6,9,11,16H,7-8H2,1H3,(H,14,17)/t9-,11+/m1/s1. The number of hydrogen-bond donors (Lipinski definition) is 2. The highest BCUT2D eigenvalue weighted by Crippen LogP contribution is 2.20. The van der Waals surface area contributed by atoms with Crippen molar-refractivity contribution in [3.8, 4) is 5.75 Å². The van der Waals surface area contributed by atoms with E-state index in [4.69, 9.17) is 4.74 Å². The number of nitrogens with zero attached hydrogens (tertiary/aromatic N) is 1. The minimum atomic E-state index is -0.703. The summed E-state index contributed by atoms with van der Waals surface area (Å²) >= 11 is 0. The molecule has 1 aromatic rings. The highest BCUT2D eigenvalue weighted by molar-refractivity contribution is 5.86. The Morgan fingerprint density at radius 3 is 2.68 bits per heavy atom. The van der Waals surface area contributed by atoms with Gasteiger partial charge in [-0.25, -0.2) is 4.79 Å². The molecule has 1 aliphatic heterocycles. The molecule has 6 nitrogen and oxygen atoms in total. The molecule has 2 amide bonds. The van der Waals surface area contributed by atoms with Gasteiger partial charge in [0.2, 0.25) is 5.91 Å². The molecule has 0 unspecified atom stereocenters. The van der Waals surface area contributed by atoms with E-state index in [1.807, 2.05) is 6.07 Å². The Morgan fingerprint density at radius 1 is 1.37 bits per heavy atom. The van der Waals surface area contributed by atoms with Crippen LogP contribution in [0.2, 0.25) is 0 Å². The summed E-state index contributed by atoms with van der Waals surface area (Å²) in [7, 11) is 1.49. The van der Waals surface area contributed by atoms with Crippen LogP contribution in [0.5, 0.6) is 5.75 Å². The number of rotatable bonds is 2. The van der Waals surface area contributed by atoms with Crippen molar-refractivity contribution in [2.75, 3.05) is 13.6 Å². The maximum absolute atomic E-state index is 12.0. The summed E-state index contributed by atoms with van der Waals surface area (Å²) in [6, 6.07) is 7.93. The Labute approximate surface area is 111 Å². The van der Waals surface area contributed by atoms with Gasteiger partial charge >= 0.3 is 6.09 Å². The predicted molar refractivity (Wildman–Crippen MR) is 67.7 cm³/mol. The van der Waals surface area contributed by atoms with Crippen molar-refractivity contribution in [3.63, 3.8) is 0 Å². The van der Waals surface area contributed by atoms with Gasteiger partial charge < -0.3 is 15.2 Å². The first-order valence-corrected chi connectivity index (χ1v) is 6.05. The molecule has 0 radical (unpaired) electrons. The molecular weight excluding hydrogens is 248 g/mol. The van der Waals surface area contributed by atoms with E-state index in [1.165, 1.54) is 11.9 Å². The Kier molecular flexibility index (Phi) is 4.01. The highest BCUT2D eigenvalue weighted by Gasteiger charge is 2.39. The molecule has 0 saturated carbocycles. The van der Waals surface area contributed by atoms with Crippen LogP contribution in [0.1, 0.15) is 6.42 Å². The number of likely N-dealkylation sites (tertiary alicyclic amines) is 1. The molecule has 1 aromatic carbocycles. The lowest BCUT2D eigenvalue weighted by atomic mass is 10.2. The second kappa shape index (κ2) is 5.71. The molecule has 0 aliphatic carbocycles. The normalized spacial score (nSPS) is 22.1. The van der Waals surface area contributed by atoms with Gasteiger partial charge in [-0.1, -0.05) is 18.2 Å². The van der Waals surface area contributed by atoms with Crippen LogP contribution in [0.3, 0.4) is 0 Å². The third-order valence-electron chi connectivity index (χ3n) is 3.01. The van der Waals surface area contributed by atoms with Crippen molar-refractivity contribution >= 4 is 12.0 Å². The Bertz CT molecular complexity index is 463. The van der Waals surface area contributed by atoms with Crippen LogP contribution < -0.4 is 10.1 Å². The molecule has 1 aliphatic rings. The second-order valence-corrected chi connectivity index (χ2v) is 4.35. The SMILES string of the molecule is CNC(=O)[C@@H]1C[C@@H](O)CN1C(=O)Oc1ccccc1. The number of amides is 2. The van der Waals surface area contributed by atoms with Gasteiger partial charge in [0.15, 0.2) is 0 Å². The monoisotopic (exact) mass is 264 g/mol. The molecule has 19 heavy (non-hydrogen) atoms. The van der Waals surface area contributed by atoms with Crippen LogP contribution in [0, 0.1) is 0 Å². The number of hydrogen-bond acceptors (Lipinski definition) is 4. The fourth-order valence-electron chi connectivity index (χ4n) is 2.08. The molecule has 6 heteroatoms. The van der Waals surface area contributed by atoms with Crippen molar-refractivity contribution in [2.24, 2.45) is 0 Å². The van der Waals surface area contributed by atoms with E-state index >= 15 is 0 Å². The summed E-state index contributed by atoms with van der Waals surface area (Å²) < 4.78 is 5.17. The van der Waals surface area contributed by atoms with Gasteiger partial charge in [0.1, 0.15) is 11.8 Å². The van der Waals surface area contributed by atoms with Gasteiger partial charge in [0.25, 0.3) is 0 Å². The number of carbonyl (C=O) groups excluding carboxylic acids is 2. The molecule has 2 rings (SSSR count). The Balaban J connectivity index is 2.07. The van der Waals surface area contributed by atoms with Crippen molar-refractivity contribution < 1.29 is 19.4 Å². The first kappa shape index (κ1) is 13.4. The van der Waals surface area contributed by atoms with Gasteiger partial charge in [-0.3, -0.25) is 9.69 Å². The van der Waals surface area contributed by atoms with E-state index in [1.54, 1.807) is 24.3 Å². The van der Waals surface area contributed by atoms with Gasteiger partial charge in [0.05, 0.1) is 12.6 Å². The Morgan fingerprint density at radius 2 is 2.05 bits per heavy atom. The average molecular weight is 264 g/mol. The van der Waals surface area contributed by atoms with Crippen LogP contribution in [0.15, 0.2) is 30.3 Å². The zero-order valence-corrected chi connectivity index (χ0v) is 10.6. The van der Waals surface area contributed by atoms with E-state index in [2.05, 4.69) is 5.32 Å². The van der Waals surface area contributed by atoms with Gasteiger partial charge in [-0.15, -0.1) is 0 Å². The van der Waals surface area contributed by atoms with Crippen LogP contribution >= 0.6 is 0 Å². The zero-order chi connectivity index (χ0) is 13.8. The van der Waals surface area contributed by atoms with E-state index in [9.17, 15) is 14.7 Å². The topological polar surface area (TPSA) is 78.9 Å². The van der Waals surface area contributed by atoms with E-state index in [0.29, 0.717) is 5.75 Å². The molecule has 2 N–H and O–H groups in total. The van der Waals surface area contributed by atoms with E-state index < -0.39 is 18.2 Å². The molecular formula is C13H16N2O4. The smallest absolute Gasteiger partial charge is 0.410 e. The minimum Gasteiger partial charge on any atom is -0.410 e. The lowest BCUT2D eigenvalue weighted by molar-refractivity contribution is -0.124. The number of likely N-dealkylation sites (N-methyl/N-ethyl adjacent to an activating group) is 1. The fraction of sp³-hybridized carbons (Fsp3) is 0.385. The van der Waals surface area contributed by atoms with Crippen molar-refractivity contribution in [3.05, 3.63) is 30.3 Å². The third-order valence-corrected chi connectivity index (χ3v) is 3.01. The van der Waals surface area contributed by atoms with Gasteiger partial charge in [-0.05, 0) is 12.1 Å². The summed E-state index contributed by atoms with van der Waals surface area (Å²) in [5, 5.41) is 12.1. The van der Waals surface area contributed by atoms with E-state index in [0.717, 1.165) is 0 Å². The van der Waals surface area contributed by atoms with Crippen LogP contribution in [-0.2, 0) is 4.79 Å². The van der Waals surface area contributed by atoms with Crippen molar-refractivity contribution in [1.29, 1.82) is 0 Å². The van der Waals surface area contributed by atoms with Gasteiger partial charge in [0, 0.05) is 13.5 Å². The molecule has 0 bridgehead atoms. The molecule has 102 valence electrons.